The fraction of sp³-hybridized carbons (Fsp3) is 0.474. The van der Waals surface area contributed by atoms with E-state index < -0.39 is 23.4 Å². The zero-order valence-corrected chi connectivity index (χ0v) is 19.7. The minimum Gasteiger partial charge on any atom is -0.389 e. The molecule has 0 spiro atoms. The van der Waals surface area contributed by atoms with Crippen LogP contribution in [0.25, 0.3) is 10.2 Å². The number of hydroxylamine groups is 2. The summed E-state index contributed by atoms with van der Waals surface area (Å²) in [6.07, 6.45) is 0.534. The quantitative estimate of drug-likeness (QED) is 0.574. The molecule has 3 aromatic heterocycles. The second-order valence-corrected chi connectivity index (χ2v) is 9.31. The molecule has 4 rings (SSSR count). The van der Waals surface area contributed by atoms with Gasteiger partial charge in [-0.25, -0.2) is 19.1 Å². The Bertz CT molecular complexity index is 1310. The van der Waals surface area contributed by atoms with Gasteiger partial charge in [0, 0.05) is 11.4 Å². The monoisotopic (exact) mass is 501 g/mol. The summed E-state index contributed by atoms with van der Waals surface area (Å²) >= 11 is 13.4. The Morgan fingerprint density at radius 1 is 1.34 bits per heavy atom. The molecule has 172 valence electrons. The van der Waals surface area contributed by atoms with E-state index in [4.69, 9.17) is 28.0 Å². The van der Waals surface area contributed by atoms with Crippen molar-refractivity contribution in [3.63, 3.8) is 0 Å². The summed E-state index contributed by atoms with van der Waals surface area (Å²) in [5, 5.41) is 11.3. The van der Waals surface area contributed by atoms with Gasteiger partial charge in [0.25, 0.3) is 5.56 Å². The van der Waals surface area contributed by atoms with Crippen LogP contribution in [-0.2, 0) is 17.9 Å². The highest BCUT2D eigenvalue weighted by Gasteiger charge is 2.31. The van der Waals surface area contributed by atoms with Crippen molar-refractivity contribution in [2.45, 2.75) is 45.9 Å². The van der Waals surface area contributed by atoms with Crippen LogP contribution in [0.5, 0.6) is 0 Å². The van der Waals surface area contributed by atoms with Gasteiger partial charge >= 0.3 is 11.7 Å². The number of hydrogen-bond acceptors (Lipinski definition) is 7. The number of halogens is 2. The average molecular weight is 502 g/mol. The van der Waals surface area contributed by atoms with E-state index in [2.05, 4.69) is 4.98 Å². The average Bonchev–Trinajstić information content (AvgIpc) is 3.43. The number of thiophene rings is 1. The zero-order chi connectivity index (χ0) is 23.2. The van der Waals surface area contributed by atoms with Crippen molar-refractivity contribution >= 4 is 50.8 Å². The lowest BCUT2D eigenvalue weighted by molar-refractivity contribution is -0.0674. The Kier molecular flexibility index (Phi) is 6.46. The third kappa shape index (κ3) is 3.99. The smallest absolute Gasteiger partial charge is 0.357 e. The predicted molar refractivity (Wildman–Crippen MR) is 121 cm³/mol. The van der Waals surface area contributed by atoms with Gasteiger partial charge in [-0.1, -0.05) is 36.5 Å². The minimum atomic E-state index is -0.842. The molecule has 1 aliphatic heterocycles. The van der Waals surface area contributed by atoms with E-state index in [-0.39, 0.29) is 46.8 Å². The van der Waals surface area contributed by atoms with E-state index in [1.165, 1.54) is 0 Å². The number of carbonyl (C=O) groups excluding carboxylic acids is 1. The van der Waals surface area contributed by atoms with Gasteiger partial charge in [0.15, 0.2) is 5.15 Å². The third-order valence-corrected chi connectivity index (χ3v) is 7.02. The normalized spacial score (nSPS) is 16.4. The highest BCUT2D eigenvalue weighted by Crippen LogP contribution is 2.28. The number of unbranched alkanes of at least 4 members (excludes halogenated alkanes) is 1. The molecule has 0 radical (unpaired) electrons. The molecule has 1 amide bonds. The van der Waals surface area contributed by atoms with Crippen molar-refractivity contribution in [2.24, 2.45) is 0 Å². The molecule has 0 unspecified atom stereocenters. The molecule has 1 fully saturated rings. The molecule has 0 bridgehead atoms. The summed E-state index contributed by atoms with van der Waals surface area (Å²) in [7, 11) is 0. The molecule has 0 aromatic carbocycles. The Labute approximate surface area is 196 Å². The number of aryl methyl sites for hydroxylation is 1. The first-order chi connectivity index (χ1) is 15.2. The number of hydrogen-bond donors (Lipinski definition) is 1. The van der Waals surface area contributed by atoms with Gasteiger partial charge < -0.3 is 9.67 Å². The van der Waals surface area contributed by atoms with Gasteiger partial charge in [0.2, 0.25) is 0 Å². The molecule has 13 heteroatoms. The summed E-state index contributed by atoms with van der Waals surface area (Å²) in [6.45, 7) is 4.03. The highest BCUT2D eigenvalue weighted by atomic mass is 35.5. The molecule has 10 nitrogen and oxygen atoms in total. The number of fused-ring (bicyclic) bond motifs is 1. The zero-order valence-electron chi connectivity index (χ0n) is 17.4. The topological polar surface area (TPSA) is 112 Å². The van der Waals surface area contributed by atoms with Crippen LogP contribution in [0.1, 0.15) is 30.5 Å². The van der Waals surface area contributed by atoms with Crippen molar-refractivity contribution < 1.29 is 14.7 Å². The van der Waals surface area contributed by atoms with Crippen LogP contribution in [-0.4, -0.2) is 54.1 Å². The molecule has 4 heterocycles. The van der Waals surface area contributed by atoms with Crippen LogP contribution >= 0.6 is 34.5 Å². The van der Waals surface area contributed by atoms with E-state index in [1.807, 2.05) is 6.92 Å². The number of aromatic nitrogens is 4. The molecule has 32 heavy (non-hydrogen) atoms. The molecule has 0 aliphatic carbocycles. The summed E-state index contributed by atoms with van der Waals surface area (Å²) in [5.41, 5.74) is -1.20. The second-order valence-electron chi connectivity index (χ2n) is 7.48. The minimum absolute atomic E-state index is 0.0477. The first-order valence-electron chi connectivity index (χ1n) is 10.0. The van der Waals surface area contributed by atoms with E-state index in [0.29, 0.717) is 17.1 Å². The standard InChI is InChI=1S/C19H21Cl2N5O5S/c1-3-4-5-23-16(28)13-6-12(8-24-10(2)22-14(20)15(24)21)32-17(13)26(18(23)29)19(30)25-7-11(27)9-31-25/h6,11,27H,3-5,7-9H2,1-2H3/t11-/m0/s1. The maximum absolute atomic E-state index is 13.2. The first kappa shape index (κ1) is 23.0. The maximum atomic E-state index is 13.2. The van der Waals surface area contributed by atoms with Crippen LogP contribution < -0.4 is 11.2 Å². The van der Waals surface area contributed by atoms with Crippen LogP contribution in [0.3, 0.4) is 0 Å². The van der Waals surface area contributed by atoms with Crippen molar-refractivity contribution in [3.05, 3.63) is 47.9 Å². The molecule has 1 saturated heterocycles. The summed E-state index contributed by atoms with van der Waals surface area (Å²) in [5.74, 6) is 0.589. The Morgan fingerprint density at radius 3 is 2.69 bits per heavy atom. The number of nitrogens with zero attached hydrogens (tertiary/aromatic N) is 5. The molecular weight excluding hydrogens is 481 g/mol. The lowest BCUT2D eigenvalue weighted by atomic mass is 10.3. The van der Waals surface area contributed by atoms with E-state index in [9.17, 15) is 19.5 Å². The summed E-state index contributed by atoms with van der Waals surface area (Å²) in [4.78, 5) is 49.7. The molecule has 3 aromatic rings. The van der Waals surface area contributed by atoms with E-state index >= 15 is 0 Å². The van der Waals surface area contributed by atoms with E-state index in [0.717, 1.165) is 32.0 Å². The van der Waals surface area contributed by atoms with Crippen LogP contribution in [0.15, 0.2) is 15.7 Å². The number of imidazole rings is 1. The molecule has 1 atom stereocenters. The van der Waals surface area contributed by atoms with Crippen molar-refractivity contribution in [1.82, 2.24) is 23.7 Å². The summed E-state index contributed by atoms with van der Waals surface area (Å²) in [6, 6.07) is 0.896. The van der Waals surface area contributed by atoms with Gasteiger partial charge in [0.1, 0.15) is 28.5 Å². The maximum Gasteiger partial charge on any atom is 0.357 e. The third-order valence-electron chi connectivity index (χ3n) is 5.18. The second kappa shape index (κ2) is 8.99. The van der Waals surface area contributed by atoms with Crippen LogP contribution in [0.4, 0.5) is 4.79 Å². The lowest BCUT2D eigenvalue weighted by Crippen LogP contribution is -2.46. The van der Waals surface area contributed by atoms with Gasteiger partial charge in [-0.05, 0) is 19.4 Å². The van der Waals surface area contributed by atoms with Crippen molar-refractivity contribution in [2.75, 3.05) is 13.2 Å². The Hall–Kier alpha value is -2.18. The number of rotatable bonds is 5. The first-order valence-corrected chi connectivity index (χ1v) is 11.6. The number of amides is 1. The largest absolute Gasteiger partial charge is 0.389 e. The SMILES string of the molecule is CCCCn1c(=O)c2cc(Cn3c(C)nc(Cl)c3Cl)sc2n(C(=O)N2C[C@H](O)CO2)c1=O. The molecule has 1 N–H and O–H groups in total. The Balaban J connectivity index is 1.87. The van der Waals surface area contributed by atoms with Gasteiger partial charge in [-0.15, -0.1) is 11.3 Å². The predicted octanol–water partition coefficient (Wildman–Crippen LogP) is 2.46. The molecule has 0 saturated carbocycles. The van der Waals surface area contributed by atoms with Crippen molar-refractivity contribution in [1.29, 1.82) is 0 Å². The lowest BCUT2D eigenvalue weighted by Gasteiger charge is -2.16. The number of aliphatic hydroxyl groups is 1. The van der Waals surface area contributed by atoms with Crippen LogP contribution in [0.2, 0.25) is 10.3 Å². The highest BCUT2D eigenvalue weighted by molar-refractivity contribution is 7.18. The van der Waals surface area contributed by atoms with E-state index in [1.54, 1.807) is 17.6 Å². The van der Waals surface area contributed by atoms with Crippen LogP contribution in [0, 0.1) is 6.92 Å². The number of β-amino-alcohol motifs (C(OH)–C–C–N with tert-alkyl or cyclic N) is 1. The molecule has 1 aliphatic rings. The summed E-state index contributed by atoms with van der Waals surface area (Å²) < 4.78 is 3.68. The van der Waals surface area contributed by atoms with Gasteiger partial charge in [-0.3, -0.25) is 14.2 Å². The van der Waals surface area contributed by atoms with Gasteiger partial charge in [0.05, 0.1) is 18.5 Å². The van der Waals surface area contributed by atoms with Crippen molar-refractivity contribution in [3.8, 4) is 0 Å². The molecular formula is C19H21Cl2N5O5S. The number of aliphatic hydroxyl groups excluding tert-OH is 1. The fourth-order valence-electron chi connectivity index (χ4n) is 3.51. The number of carbonyl (C=O) groups is 1. The fourth-order valence-corrected chi connectivity index (χ4v) is 5.08. The Morgan fingerprint density at radius 2 is 2.09 bits per heavy atom. The van der Waals surface area contributed by atoms with Gasteiger partial charge in [-0.2, -0.15) is 5.06 Å².